The number of non-ortho nitro benzene ring substituents is 1. The lowest BCUT2D eigenvalue weighted by atomic mass is 10.2. The summed E-state index contributed by atoms with van der Waals surface area (Å²) in [4.78, 5) is 13.7. The van der Waals surface area contributed by atoms with E-state index in [1.54, 1.807) is 0 Å². The maximum Gasteiger partial charge on any atom is 0.275 e. The van der Waals surface area contributed by atoms with Crippen LogP contribution in [0.3, 0.4) is 0 Å². The summed E-state index contributed by atoms with van der Waals surface area (Å²) in [6.07, 6.45) is 4.19. The van der Waals surface area contributed by atoms with Crippen LogP contribution < -0.4 is 0 Å². The summed E-state index contributed by atoms with van der Waals surface area (Å²) < 4.78 is 29.0. The van der Waals surface area contributed by atoms with Gasteiger partial charge in [0.15, 0.2) is 11.6 Å². The first-order valence-electron chi connectivity index (χ1n) is 5.70. The number of hydrogen-bond acceptors (Lipinski definition) is 3. The summed E-state index contributed by atoms with van der Waals surface area (Å²) in [5, 5.41) is 10.5. The smallest absolute Gasteiger partial charge is 0.275 e. The molecule has 0 unspecified atom stereocenters. The average molecular weight is 267 g/mol. The average Bonchev–Trinajstić information content (AvgIpc) is 2.77. The molecule has 0 N–H and O–H groups in total. The van der Waals surface area contributed by atoms with Crippen molar-refractivity contribution in [2.45, 2.75) is 19.8 Å². The van der Waals surface area contributed by atoms with Gasteiger partial charge in [-0.15, -0.1) is 0 Å². The van der Waals surface area contributed by atoms with Crippen LogP contribution in [0.5, 0.6) is 0 Å². The zero-order valence-electron chi connectivity index (χ0n) is 10.1. The monoisotopic (exact) mass is 267 g/mol. The molecule has 0 atom stereocenters. The molecule has 2 rings (SSSR count). The highest BCUT2D eigenvalue weighted by Crippen LogP contribution is 2.25. The maximum absolute atomic E-state index is 13.9. The molecule has 0 saturated heterocycles. The van der Waals surface area contributed by atoms with E-state index in [2.05, 4.69) is 4.98 Å². The minimum atomic E-state index is -0.984. The summed E-state index contributed by atoms with van der Waals surface area (Å²) in [7, 11) is 0. The van der Waals surface area contributed by atoms with Crippen LogP contribution in [0, 0.1) is 21.7 Å². The number of nitro groups is 1. The van der Waals surface area contributed by atoms with Crippen LogP contribution >= 0.6 is 0 Å². The number of nitrogens with zero attached hydrogens (tertiary/aromatic N) is 3. The first kappa shape index (κ1) is 13.1. The highest BCUT2D eigenvalue weighted by atomic mass is 19.1. The largest absolute Gasteiger partial charge is 0.298 e. The van der Waals surface area contributed by atoms with E-state index in [0.29, 0.717) is 24.4 Å². The van der Waals surface area contributed by atoms with Crippen LogP contribution in [-0.4, -0.2) is 14.5 Å². The van der Waals surface area contributed by atoms with Crippen molar-refractivity contribution in [1.29, 1.82) is 0 Å². The third-order valence-electron chi connectivity index (χ3n) is 2.64. The van der Waals surface area contributed by atoms with Crippen molar-refractivity contribution in [3.8, 4) is 5.69 Å². The van der Waals surface area contributed by atoms with Crippen molar-refractivity contribution < 1.29 is 13.7 Å². The third-order valence-corrected chi connectivity index (χ3v) is 2.64. The Labute approximate surface area is 107 Å². The van der Waals surface area contributed by atoms with Crippen LogP contribution in [0.2, 0.25) is 0 Å². The number of imidazole rings is 1. The Balaban J connectivity index is 2.56. The Hall–Kier alpha value is -2.31. The quantitative estimate of drug-likeness (QED) is 0.632. The molecule has 0 amide bonds. The van der Waals surface area contributed by atoms with E-state index in [4.69, 9.17) is 0 Å². The fraction of sp³-hybridized carbons (Fsp3) is 0.250. The highest BCUT2D eigenvalue weighted by Gasteiger charge is 2.19. The molecule has 0 saturated carbocycles. The molecule has 1 aromatic heterocycles. The molecule has 100 valence electrons. The lowest BCUT2D eigenvalue weighted by molar-refractivity contribution is -0.385. The van der Waals surface area contributed by atoms with Gasteiger partial charge in [-0.05, 0) is 6.42 Å². The van der Waals surface area contributed by atoms with E-state index in [-0.39, 0.29) is 5.69 Å². The number of rotatable bonds is 4. The first-order valence-corrected chi connectivity index (χ1v) is 5.70. The Morgan fingerprint density at radius 3 is 2.53 bits per heavy atom. The molecule has 1 aromatic carbocycles. The number of aromatic nitrogens is 2. The highest BCUT2D eigenvalue weighted by molar-refractivity contribution is 5.44. The van der Waals surface area contributed by atoms with Gasteiger partial charge in [0.25, 0.3) is 5.69 Å². The van der Waals surface area contributed by atoms with E-state index >= 15 is 0 Å². The Morgan fingerprint density at radius 2 is 2.00 bits per heavy atom. The van der Waals surface area contributed by atoms with Crippen molar-refractivity contribution >= 4 is 5.69 Å². The van der Waals surface area contributed by atoms with Gasteiger partial charge in [-0.1, -0.05) is 6.92 Å². The lowest BCUT2D eigenvalue weighted by Gasteiger charge is -2.09. The van der Waals surface area contributed by atoms with Crippen molar-refractivity contribution in [2.75, 3.05) is 0 Å². The van der Waals surface area contributed by atoms with E-state index in [1.807, 2.05) is 6.92 Å². The van der Waals surface area contributed by atoms with E-state index < -0.39 is 22.2 Å². The number of halogens is 2. The number of nitro benzene ring substituents is 1. The summed E-state index contributed by atoms with van der Waals surface area (Å²) >= 11 is 0. The molecule has 2 aromatic rings. The molecule has 5 nitrogen and oxygen atoms in total. The minimum absolute atomic E-state index is 0.341. The molecule has 0 spiro atoms. The van der Waals surface area contributed by atoms with Crippen LogP contribution in [0.25, 0.3) is 5.69 Å². The van der Waals surface area contributed by atoms with Crippen LogP contribution in [0.4, 0.5) is 14.5 Å². The Bertz CT molecular complexity index is 602. The van der Waals surface area contributed by atoms with E-state index in [1.165, 1.54) is 17.0 Å². The third kappa shape index (κ3) is 2.44. The topological polar surface area (TPSA) is 61.0 Å². The standard InChI is InChI=1S/C12H11F2N3O2/c1-2-3-11-15-4-5-16(11)12-9(13)6-8(17(18)19)7-10(12)14/h4-7H,2-3H2,1H3. The van der Waals surface area contributed by atoms with Crippen molar-refractivity contribution in [3.05, 3.63) is 52.1 Å². The predicted molar refractivity (Wildman–Crippen MR) is 64.1 cm³/mol. The number of hydrogen-bond donors (Lipinski definition) is 0. The fourth-order valence-electron chi connectivity index (χ4n) is 1.83. The second-order valence-corrected chi connectivity index (χ2v) is 3.98. The SMILES string of the molecule is CCCc1nccn1-c1c(F)cc([N+](=O)[O-])cc1F. The molecule has 0 fully saturated rings. The maximum atomic E-state index is 13.9. The van der Waals surface area contributed by atoms with Gasteiger partial charge in [-0.25, -0.2) is 13.8 Å². The summed E-state index contributed by atoms with van der Waals surface area (Å²) in [5.41, 5.74) is -0.956. The molecule has 19 heavy (non-hydrogen) atoms. The second kappa shape index (κ2) is 5.13. The van der Waals surface area contributed by atoms with Crippen LogP contribution in [-0.2, 0) is 6.42 Å². The van der Waals surface area contributed by atoms with Gasteiger partial charge in [0.2, 0.25) is 0 Å². The normalized spacial score (nSPS) is 10.7. The molecule has 0 aliphatic heterocycles. The predicted octanol–water partition coefficient (Wildman–Crippen LogP) is 3.01. The van der Waals surface area contributed by atoms with Gasteiger partial charge < -0.3 is 0 Å². The molecular weight excluding hydrogens is 256 g/mol. The molecule has 1 heterocycles. The molecular formula is C12H11F2N3O2. The van der Waals surface area contributed by atoms with Crippen molar-refractivity contribution in [3.63, 3.8) is 0 Å². The van der Waals surface area contributed by atoms with Crippen molar-refractivity contribution in [2.24, 2.45) is 0 Å². The Kier molecular flexibility index (Phi) is 3.55. The molecule has 0 aliphatic carbocycles. The molecule has 0 bridgehead atoms. The first-order chi connectivity index (χ1) is 9.04. The Morgan fingerprint density at radius 1 is 1.37 bits per heavy atom. The van der Waals surface area contributed by atoms with Gasteiger partial charge in [-0.3, -0.25) is 14.7 Å². The second-order valence-electron chi connectivity index (χ2n) is 3.98. The van der Waals surface area contributed by atoms with Gasteiger partial charge in [0, 0.05) is 18.8 Å². The van der Waals surface area contributed by atoms with Gasteiger partial charge in [0.1, 0.15) is 11.5 Å². The van der Waals surface area contributed by atoms with Crippen LogP contribution in [0.15, 0.2) is 24.5 Å². The van der Waals surface area contributed by atoms with Crippen molar-refractivity contribution in [1.82, 2.24) is 9.55 Å². The molecule has 0 radical (unpaired) electrons. The van der Waals surface area contributed by atoms with Gasteiger partial charge in [-0.2, -0.15) is 0 Å². The van der Waals surface area contributed by atoms with E-state index in [9.17, 15) is 18.9 Å². The molecule has 0 aliphatic rings. The zero-order chi connectivity index (χ0) is 14.0. The lowest BCUT2D eigenvalue weighted by Crippen LogP contribution is -2.06. The van der Waals surface area contributed by atoms with E-state index in [0.717, 1.165) is 6.42 Å². The van der Waals surface area contributed by atoms with Gasteiger partial charge in [0.05, 0.1) is 17.1 Å². The van der Waals surface area contributed by atoms with Gasteiger partial charge >= 0.3 is 0 Å². The van der Waals surface area contributed by atoms with Crippen LogP contribution in [0.1, 0.15) is 19.2 Å². The zero-order valence-corrected chi connectivity index (χ0v) is 10.1. The fourth-order valence-corrected chi connectivity index (χ4v) is 1.83. The summed E-state index contributed by atoms with van der Waals surface area (Å²) in [6, 6.07) is 1.41. The number of benzene rings is 1. The minimum Gasteiger partial charge on any atom is -0.298 e. The number of aryl methyl sites for hydroxylation is 1. The molecule has 7 heteroatoms. The summed E-state index contributed by atoms with van der Waals surface area (Å²) in [5.74, 6) is -1.46. The summed E-state index contributed by atoms with van der Waals surface area (Å²) in [6.45, 7) is 1.92.